The summed E-state index contributed by atoms with van der Waals surface area (Å²) in [7, 11) is 0. The molecule has 0 saturated carbocycles. The van der Waals surface area contributed by atoms with E-state index in [1.54, 1.807) is 0 Å². The zero-order valence-corrected chi connectivity index (χ0v) is 13.4. The molecular weight excluding hydrogens is 361 g/mol. The molecule has 0 amide bonds. The molecule has 0 atom stereocenters. The van der Waals surface area contributed by atoms with Crippen LogP contribution in [0.25, 0.3) is 5.57 Å². The number of rotatable bonds is 3. The number of aldehydes is 1. The summed E-state index contributed by atoms with van der Waals surface area (Å²) < 4.78 is 58.0. The number of nitrogens with zero attached hydrogens (tertiary/aromatic N) is 2. The third-order valence-corrected chi connectivity index (χ3v) is 3.09. The first kappa shape index (κ1) is 21.1. The summed E-state index contributed by atoms with van der Waals surface area (Å²) >= 11 is 0. The van der Waals surface area contributed by atoms with Gasteiger partial charge in [-0.15, -0.1) is 0 Å². The van der Waals surface area contributed by atoms with E-state index in [4.69, 9.17) is 22.0 Å². The smallest absolute Gasteiger partial charge is 0.370 e. The Morgan fingerprint density at radius 3 is 2.35 bits per heavy atom. The molecule has 0 fully saturated rings. The van der Waals surface area contributed by atoms with Crippen molar-refractivity contribution in [3.63, 3.8) is 0 Å². The van der Waals surface area contributed by atoms with Crippen LogP contribution in [0.3, 0.4) is 0 Å². The molecule has 0 heterocycles. The highest BCUT2D eigenvalue weighted by molar-refractivity contribution is 5.92. The van der Waals surface area contributed by atoms with Gasteiger partial charge in [0, 0.05) is 12.6 Å². The lowest BCUT2D eigenvalue weighted by molar-refractivity contribution is -0.156. The van der Waals surface area contributed by atoms with Crippen LogP contribution in [0, 0.1) is 11.6 Å². The first-order valence-corrected chi connectivity index (χ1v) is 7.13. The van der Waals surface area contributed by atoms with E-state index in [1.807, 2.05) is 6.08 Å². The minimum Gasteiger partial charge on any atom is -0.370 e. The van der Waals surface area contributed by atoms with E-state index in [0.29, 0.717) is 30.5 Å². The molecule has 6 nitrogen and oxygen atoms in total. The first-order chi connectivity index (χ1) is 12.0. The highest BCUT2D eigenvalue weighted by Crippen LogP contribution is 2.32. The number of carbonyl (C=O) groups is 1. The predicted molar refractivity (Wildman–Crippen MR) is 87.1 cm³/mol. The Bertz CT molecular complexity index is 752. The molecule has 0 aromatic heterocycles. The van der Waals surface area contributed by atoms with Crippen LogP contribution in [0.5, 0.6) is 0 Å². The van der Waals surface area contributed by atoms with E-state index in [0.717, 1.165) is 11.6 Å². The molecular formula is C15H16F5N5O. The number of hydrogen-bond donors (Lipinski definition) is 3. The fraction of sp³-hybridized carbons (Fsp3) is 0.267. The molecule has 0 aliphatic heterocycles. The van der Waals surface area contributed by atoms with Crippen molar-refractivity contribution in [3.8, 4) is 0 Å². The lowest BCUT2D eigenvalue weighted by atomic mass is 10.0. The second-order valence-corrected chi connectivity index (χ2v) is 5.03. The molecule has 0 saturated heterocycles. The first-order valence-electron chi connectivity index (χ1n) is 7.13. The maximum absolute atomic E-state index is 13.6. The van der Waals surface area contributed by atoms with Crippen molar-refractivity contribution in [2.45, 2.75) is 19.0 Å². The fourth-order valence-electron chi connectivity index (χ4n) is 2.13. The number of nitrogens with two attached hydrogens (primary N) is 3. The van der Waals surface area contributed by atoms with Gasteiger partial charge in [0.2, 0.25) is 12.2 Å². The summed E-state index contributed by atoms with van der Waals surface area (Å²) in [6.45, 7) is 0.339. The molecule has 6 N–H and O–H groups in total. The largest absolute Gasteiger partial charge is 0.446 e. The van der Waals surface area contributed by atoms with Gasteiger partial charge in [0.25, 0.3) is 0 Å². The zero-order chi connectivity index (χ0) is 19.9. The van der Waals surface area contributed by atoms with Crippen LogP contribution in [-0.2, 0) is 11.2 Å². The van der Waals surface area contributed by atoms with Crippen molar-refractivity contribution in [2.24, 2.45) is 27.2 Å². The Kier molecular flexibility index (Phi) is 7.23. The van der Waals surface area contributed by atoms with Crippen LogP contribution in [0.1, 0.15) is 17.5 Å². The van der Waals surface area contributed by atoms with Gasteiger partial charge >= 0.3 is 6.18 Å². The van der Waals surface area contributed by atoms with Crippen LogP contribution < -0.4 is 17.2 Å². The average molecular weight is 377 g/mol. The van der Waals surface area contributed by atoms with E-state index in [1.165, 1.54) is 6.07 Å². The van der Waals surface area contributed by atoms with Crippen molar-refractivity contribution in [3.05, 3.63) is 41.0 Å². The third kappa shape index (κ3) is 6.87. The standard InChI is InChI=1S/C13H15F2N5.C2HF3O/c14-8-5-10-7(1-2-9(10)11(15)6-8)3-4-19-13(18)20-12(16)17;3-2(4,5)1-6/h1,5-6H,2-4H2,(H6,16,17,18,19,20);1H. The number of benzene rings is 1. The zero-order valence-electron chi connectivity index (χ0n) is 13.4. The van der Waals surface area contributed by atoms with Gasteiger partial charge in [0.05, 0.1) is 0 Å². The second kappa shape index (κ2) is 8.92. The number of fused-ring (bicyclic) bond motifs is 1. The van der Waals surface area contributed by atoms with E-state index < -0.39 is 24.1 Å². The van der Waals surface area contributed by atoms with Gasteiger partial charge < -0.3 is 17.2 Å². The Labute approximate surface area is 145 Å². The van der Waals surface area contributed by atoms with Crippen molar-refractivity contribution in [1.82, 2.24) is 0 Å². The number of guanidine groups is 2. The second-order valence-electron chi connectivity index (χ2n) is 5.03. The lowest BCUT2D eigenvalue weighted by Crippen LogP contribution is -2.26. The average Bonchev–Trinajstić information content (AvgIpc) is 2.90. The fourth-order valence-corrected chi connectivity index (χ4v) is 2.13. The monoisotopic (exact) mass is 377 g/mol. The molecule has 2 rings (SSSR count). The van der Waals surface area contributed by atoms with Crippen LogP contribution in [0.2, 0.25) is 0 Å². The van der Waals surface area contributed by atoms with Gasteiger partial charge in [-0.3, -0.25) is 9.79 Å². The minimum absolute atomic E-state index is 0.0192. The van der Waals surface area contributed by atoms with Gasteiger partial charge in [-0.25, -0.2) is 8.78 Å². The molecule has 1 aliphatic rings. The van der Waals surface area contributed by atoms with Crippen LogP contribution in [-0.4, -0.2) is 30.9 Å². The van der Waals surface area contributed by atoms with Gasteiger partial charge in [-0.2, -0.15) is 18.2 Å². The summed E-state index contributed by atoms with van der Waals surface area (Å²) in [6, 6.07) is 2.23. The molecule has 142 valence electrons. The number of alkyl halides is 3. The van der Waals surface area contributed by atoms with Gasteiger partial charge in [0.1, 0.15) is 11.6 Å². The minimum atomic E-state index is -4.64. The van der Waals surface area contributed by atoms with E-state index in [-0.39, 0.29) is 11.9 Å². The normalized spacial score (nSPS) is 13.3. The van der Waals surface area contributed by atoms with Crippen molar-refractivity contribution < 1.29 is 26.7 Å². The Hall–Kier alpha value is -2.98. The summed E-state index contributed by atoms with van der Waals surface area (Å²) in [5.41, 5.74) is 17.7. The number of carbonyl (C=O) groups excluding carboxylic acids is 1. The summed E-state index contributed by atoms with van der Waals surface area (Å²) in [6.07, 6.45) is -2.87. The lowest BCUT2D eigenvalue weighted by Gasteiger charge is -2.06. The maximum atomic E-state index is 13.6. The summed E-state index contributed by atoms with van der Waals surface area (Å²) in [5.74, 6) is -1.29. The van der Waals surface area contributed by atoms with E-state index in [2.05, 4.69) is 9.98 Å². The molecule has 1 aromatic carbocycles. The molecule has 26 heavy (non-hydrogen) atoms. The highest BCUT2D eigenvalue weighted by Gasteiger charge is 2.24. The summed E-state index contributed by atoms with van der Waals surface area (Å²) in [5, 5.41) is 0. The molecule has 0 bridgehead atoms. The number of halogens is 5. The van der Waals surface area contributed by atoms with Gasteiger partial charge in [-0.05, 0) is 35.6 Å². The quantitative estimate of drug-likeness (QED) is 0.321. The highest BCUT2D eigenvalue weighted by atomic mass is 19.4. The topological polar surface area (TPSA) is 120 Å². The van der Waals surface area contributed by atoms with Crippen molar-refractivity contribution >= 4 is 23.8 Å². The third-order valence-electron chi connectivity index (χ3n) is 3.09. The predicted octanol–water partition coefficient (Wildman–Crippen LogP) is 1.63. The Balaban J connectivity index is 0.000000487. The molecule has 11 heteroatoms. The van der Waals surface area contributed by atoms with Crippen LogP contribution in [0.4, 0.5) is 22.0 Å². The van der Waals surface area contributed by atoms with E-state index in [9.17, 15) is 22.0 Å². The Morgan fingerprint density at radius 2 is 1.81 bits per heavy atom. The van der Waals surface area contributed by atoms with Gasteiger partial charge in [0.15, 0.2) is 5.96 Å². The van der Waals surface area contributed by atoms with Gasteiger partial charge in [-0.1, -0.05) is 6.08 Å². The summed E-state index contributed by atoms with van der Waals surface area (Å²) in [4.78, 5) is 16.2. The number of aliphatic imine (C=N–C) groups is 2. The molecule has 0 radical (unpaired) electrons. The van der Waals surface area contributed by atoms with Crippen LogP contribution >= 0.6 is 0 Å². The van der Waals surface area contributed by atoms with Crippen LogP contribution in [0.15, 0.2) is 28.2 Å². The molecule has 1 aliphatic carbocycles. The Morgan fingerprint density at radius 1 is 1.19 bits per heavy atom. The van der Waals surface area contributed by atoms with Crippen molar-refractivity contribution in [1.29, 1.82) is 0 Å². The SMILES string of the molecule is NC(N)=NC(N)=NCCC1=CCc2c(F)cc(F)cc21.O=CC(F)(F)F. The van der Waals surface area contributed by atoms with Crippen molar-refractivity contribution in [2.75, 3.05) is 6.54 Å². The number of allylic oxidation sites excluding steroid dienone is 1. The number of hydrogen-bond acceptors (Lipinski definition) is 2. The molecule has 0 unspecified atom stereocenters. The molecule has 0 spiro atoms. The van der Waals surface area contributed by atoms with E-state index >= 15 is 0 Å². The molecule has 1 aromatic rings. The maximum Gasteiger partial charge on any atom is 0.446 e.